The molecule has 0 aliphatic carbocycles. The summed E-state index contributed by atoms with van der Waals surface area (Å²) in [6, 6.07) is 14.6. The minimum atomic E-state index is -3.77. The Morgan fingerprint density at radius 1 is 1.03 bits per heavy atom. The van der Waals surface area contributed by atoms with Crippen LogP contribution in [0.15, 0.2) is 58.5 Å². The smallest absolute Gasteiger partial charge is 0.265 e. The molecule has 0 atom stereocenters. The van der Waals surface area contributed by atoms with Gasteiger partial charge in [-0.15, -0.1) is 0 Å². The lowest BCUT2D eigenvalue weighted by Crippen LogP contribution is -2.37. The molecule has 3 aromatic rings. The molecule has 0 unspecified atom stereocenters. The maximum absolute atomic E-state index is 12.9. The van der Waals surface area contributed by atoms with Crippen molar-refractivity contribution in [2.45, 2.75) is 25.7 Å². The van der Waals surface area contributed by atoms with Gasteiger partial charge >= 0.3 is 0 Å². The Morgan fingerprint density at radius 3 is 2.48 bits per heavy atom. The first-order chi connectivity index (χ1) is 13.8. The second-order valence-electron chi connectivity index (χ2n) is 7.23. The maximum atomic E-state index is 12.9. The molecule has 0 bridgehead atoms. The second kappa shape index (κ2) is 7.00. The number of benzene rings is 3. The van der Waals surface area contributed by atoms with Crippen LogP contribution in [-0.2, 0) is 14.8 Å². The van der Waals surface area contributed by atoms with Crippen LogP contribution in [0.3, 0.4) is 0 Å². The van der Waals surface area contributed by atoms with Gasteiger partial charge in [-0.2, -0.15) is 5.10 Å². The molecule has 0 spiro atoms. The van der Waals surface area contributed by atoms with E-state index in [0.717, 1.165) is 26.4 Å². The number of hydrogen-bond donors (Lipinski definition) is 1. The zero-order valence-corrected chi connectivity index (χ0v) is 17.2. The molecule has 1 N–H and O–H groups in total. The topological polar surface area (TPSA) is 78.8 Å². The molecule has 0 radical (unpaired) electrons. The highest BCUT2D eigenvalue weighted by Gasteiger charge is 2.36. The van der Waals surface area contributed by atoms with Crippen LogP contribution in [0.5, 0.6) is 0 Å². The first-order valence-electron chi connectivity index (χ1n) is 9.23. The van der Waals surface area contributed by atoms with Crippen molar-refractivity contribution in [2.24, 2.45) is 5.10 Å². The van der Waals surface area contributed by atoms with Crippen molar-refractivity contribution in [2.75, 3.05) is 10.8 Å². The highest BCUT2D eigenvalue weighted by atomic mass is 32.2. The molecule has 29 heavy (non-hydrogen) atoms. The van der Waals surface area contributed by atoms with Crippen LogP contribution in [0.25, 0.3) is 10.8 Å². The van der Waals surface area contributed by atoms with Crippen molar-refractivity contribution in [3.8, 4) is 0 Å². The molecule has 0 saturated carbocycles. The fraction of sp³-hybridized carbons (Fsp3) is 0.182. The van der Waals surface area contributed by atoms with Gasteiger partial charge < -0.3 is 0 Å². The van der Waals surface area contributed by atoms with E-state index in [2.05, 4.69) is 16.6 Å². The minimum Gasteiger partial charge on any atom is -0.271 e. The number of hydrazone groups is 1. The highest BCUT2D eigenvalue weighted by Crippen LogP contribution is 2.41. The quantitative estimate of drug-likeness (QED) is 0.532. The van der Waals surface area contributed by atoms with Gasteiger partial charge in [0.05, 0.1) is 16.8 Å². The zero-order valence-electron chi connectivity index (χ0n) is 16.4. The number of rotatable bonds is 4. The van der Waals surface area contributed by atoms with Crippen molar-refractivity contribution in [3.05, 3.63) is 70.8 Å². The lowest BCUT2D eigenvalue weighted by molar-refractivity contribution is -0.119. The van der Waals surface area contributed by atoms with Gasteiger partial charge in [0.25, 0.3) is 15.9 Å². The fourth-order valence-electron chi connectivity index (χ4n) is 3.59. The van der Waals surface area contributed by atoms with E-state index in [9.17, 15) is 13.2 Å². The van der Waals surface area contributed by atoms with E-state index in [-0.39, 0.29) is 11.4 Å². The zero-order chi connectivity index (χ0) is 20.8. The van der Waals surface area contributed by atoms with E-state index in [4.69, 9.17) is 0 Å². The summed E-state index contributed by atoms with van der Waals surface area (Å²) in [4.78, 5) is 12.7. The molecule has 0 saturated heterocycles. The number of aryl methyl sites for hydroxylation is 3. The van der Waals surface area contributed by atoms with Crippen molar-refractivity contribution in [1.82, 2.24) is 5.43 Å². The normalized spacial score (nSPS) is 14.7. The first kappa shape index (κ1) is 19.1. The number of sulfonamides is 1. The minimum absolute atomic E-state index is 0.229. The Kier molecular flexibility index (Phi) is 4.62. The van der Waals surface area contributed by atoms with Crippen molar-refractivity contribution >= 4 is 38.6 Å². The molecule has 7 heteroatoms. The van der Waals surface area contributed by atoms with Gasteiger partial charge in [-0.25, -0.2) is 13.8 Å². The molecule has 6 nitrogen and oxygen atoms in total. The number of hydrogen-bond acceptors (Lipinski definition) is 4. The first-order valence-corrected chi connectivity index (χ1v) is 10.7. The molecule has 3 aromatic carbocycles. The number of nitrogens with one attached hydrogen (secondary N) is 1. The molecule has 1 amide bonds. The molecule has 0 aromatic heterocycles. The second-order valence-corrected chi connectivity index (χ2v) is 9.06. The van der Waals surface area contributed by atoms with Gasteiger partial charge in [0.2, 0.25) is 0 Å². The Labute approximate surface area is 169 Å². The average molecular weight is 407 g/mol. The van der Waals surface area contributed by atoms with Crippen LogP contribution in [0, 0.1) is 20.8 Å². The van der Waals surface area contributed by atoms with Gasteiger partial charge in [0.15, 0.2) is 0 Å². The van der Waals surface area contributed by atoms with E-state index < -0.39 is 15.9 Å². The van der Waals surface area contributed by atoms with Gasteiger partial charge in [-0.1, -0.05) is 30.3 Å². The van der Waals surface area contributed by atoms with Crippen LogP contribution >= 0.6 is 0 Å². The van der Waals surface area contributed by atoms with E-state index in [1.54, 1.807) is 30.5 Å². The third-order valence-electron chi connectivity index (χ3n) is 5.24. The third-order valence-corrected chi connectivity index (χ3v) is 7.05. The summed E-state index contributed by atoms with van der Waals surface area (Å²) in [5, 5.41) is 5.49. The summed E-state index contributed by atoms with van der Waals surface area (Å²) >= 11 is 0. The Hall–Kier alpha value is -3.19. The van der Waals surface area contributed by atoms with Crippen LogP contribution in [0.1, 0.15) is 22.3 Å². The van der Waals surface area contributed by atoms with E-state index in [1.165, 1.54) is 5.56 Å². The largest absolute Gasteiger partial charge is 0.271 e. The highest BCUT2D eigenvalue weighted by molar-refractivity contribution is 7.93. The van der Waals surface area contributed by atoms with Gasteiger partial charge in [-0.3, -0.25) is 9.10 Å². The van der Waals surface area contributed by atoms with Crippen molar-refractivity contribution in [3.63, 3.8) is 0 Å². The molecule has 1 heterocycles. The van der Waals surface area contributed by atoms with Crippen LogP contribution in [0.2, 0.25) is 0 Å². The molecule has 0 fully saturated rings. The Balaban J connectivity index is 1.54. The SMILES string of the molecule is Cc1cc(C)c(/C=N\NC(=O)CN2c3cccc4cccc(c34)S2(=O)=O)cc1C. The molecule has 148 valence electrons. The summed E-state index contributed by atoms with van der Waals surface area (Å²) in [6.45, 7) is 5.70. The summed E-state index contributed by atoms with van der Waals surface area (Å²) < 4.78 is 27.0. The fourth-order valence-corrected chi connectivity index (χ4v) is 5.26. The van der Waals surface area contributed by atoms with Crippen molar-refractivity contribution < 1.29 is 13.2 Å². The van der Waals surface area contributed by atoms with Crippen LogP contribution < -0.4 is 9.73 Å². The van der Waals surface area contributed by atoms with Gasteiger partial charge in [0, 0.05) is 5.39 Å². The van der Waals surface area contributed by atoms with E-state index in [1.807, 2.05) is 39.0 Å². The van der Waals surface area contributed by atoms with E-state index in [0.29, 0.717) is 11.1 Å². The van der Waals surface area contributed by atoms with E-state index >= 15 is 0 Å². The van der Waals surface area contributed by atoms with Gasteiger partial charge in [0.1, 0.15) is 6.54 Å². The lowest BCUT2D eigenvalue weighted by Gasteiger charge is -2.17. The monoisotopic (exact) mass is 407 g/mol. The molecular formula is C22H21N3O3S. The number of carbonyl (C=O) groups excluding carboxylic acids is 1. The Bertz CT molecular complexity index is 1270. The summed E-state index contributed by atoms with van der Waals surface area (Å²) in [5.41, 5.74) is 7.24. The van der Waals surface area contributed by atoms with Crippen molar-refractivity contribution in [1.29, 1.82) is 0 Å². The summed E-state index contributed by atoms with van der Waals surface area (Å²) in [6.07, 6.45) is 1.58. The van der Waals surface area contributed by atoms with Crippen LogP contribution in [0.4, 0.5) is 5.69 Å². The predicted octanol–water partition coefficient (Wildman–Crippen LogP) is 3.42. The molecule has 1 aliphatic heterocycles. The maximum Gasteiger partial charge on any atom is 0.265 e. The molecule has 1 aliphatic rings. The summed E-state index contributed by atoms with van der Waals surface area (Å²) in [7, 11) is -3.77. The number of nitrogens with zero attached hydrogens (tertiary/aromatic N) is 2. The average Bonchev–Trinajstić information content (AvgIpc) is 2.89. The van der Waals surface area contributed by atoms with Gasteiger partial charge in [-0.05, 0) is 66.6 Å². The summed E-state index contributed by atoms with van der Waals surface area (Å²) in [5.74, 6) is -0.504. The number of amides is 1. The molecular weight excluding hydrogens is 386 g/mol. The number of anilines is 1. The third kappa shape index (κ3) is 3.27. The molecule has 4 rings (SSSR count). The standard InChI is InChI=1S/C22H21N3O3S/c1-14-10-16(3)18(11-15(14)2)12-23-24-21(26)13-25-19-8-4-6-17-7-5-9-20(22(17)19)29(25,27)28/h4-12H,13H2,1-3H3,(H,24,26)/b23-12-. The lowest BCUT2D eigenvalue weighted by atomic mass is 10.0. The predicted molar refractivity (Wildman–Crippen MR) is 115 cm³/mol. The number of carbonyl (C=O) groups is 1. The van der Waals surface area contributed by atoms with Crippen LogP contribution in [-0.4, -0.2) is 27.1 Å². The Morgan fingerprint density at radius 2 is 1.72 bits per heavy atom.